The average Bonchev–Trinajstić information content (AvgIpc) is 3.09. The maximum atomic E-state index is 9.55. The molecule has 10 heteroatoms. The number of ether oxygens (including phenoxy) is 3. The van der Waals surface area contributed by atoms with Crippen LogP contribution in [0.3, 0.4) is 0 Å². The second kappa shape index (κ2) is 5.23. The van der Waals surface area contributed by atoms with Crippen LogP contribution < -0.4 is 0 Å². The van der Waals surface area contributed by atoms with Crippen molar-refractivity contribution in [3.05, 3.63) is 16.8 Å². The van der Waals surface area contributed by atoms with Crippen LogP contribution in [-0.2, 0) is 14.2 Å². The van der Waals surface area contributed by atoms with E-state index in [1.807, 2.05) is 13.8 Å². The highest BCUT2D eigenvalue weighted by atomic mass is 35.5. The molecule has 2 fully saturated rings. The Balaban J connectivity index is 1.79. The number of fused-ring (bicyclic) bond motifs is 2. The third-order valence-corrected chi connectivity index (χ3v) is 4.36. The van der Waals surface area contributed by atoms with Crippen molar-refractivity contribution < 1.29 is 19.3 Å². The van der Waals surface area contributed by atoms with Gasteiger partial charge in [0.15, 0.2) is 22.8 Å². The average molecular weight is 361 g/mol. The lowest BCUT2D eigenvalue weighted by Crippen LogP contribution is -2.31. The first-order chi connectivity index (χ1) is 10.9. The van der Waals surface area contributed by atoms with Gasteiger partial charge in [0, 0.05) is 0 Å². The molecule has 2 saturated heterocycles. The molecule has 0 aromatic carbocycles. The molecule has 0 saturated carbocycles. The smallest absolute Gasteiger partial charge is 0.225 e. The number of hydrogen-bond donors (Lipinski definition) is 1. The van der Waals surface area contributed by atoms with Gasteiger partial charge in [-0.1, -0.05) is 11.6 Å². The lowest BCUT2D eigenvalue weighted by atomic mass is 10.1. The largest absolute Gasteiger partial charge is 0.394 e. The van der Waals surface area contributed by atoms with E-state index in [1.54, 1.807) is 4.57 Å². The number of aromatic nitrogens is 4. The lowest BCUT2D eigenvalue weighted by molar-refractivity contribution is -0.199. The van der Waals surface area contributed by atoms with Gasteiger partial charge in [-0.15, -0.1) is 0 Å². The molecule has 2 aromatic rings. The highest BCUT2D eigenvalue weighted by molar-refractivity contribution is 6.35. The summed E-state index contributed by atoms with van der Waals surface area (Å²) in [4.78, 5) is 12.3. The molecular formula is C13H14Cl2N4O4. The molecule has 2 aliphatic rings. The summed E-state index contributed by atoms with van der Waals surface area (Å²) in [5.74, 6) is -0.758. The minimum atomic E-state index is -0.758. The van der Waals surface area contributed by atoms with Crippen LogP contribution in [0, 0.1) is 0 Å². The van der Waals surface area contributed by atoms with Crippen LogP contribution in [0.1, 0.15) is 20.1 Å². The fourth-order valence-corrected chi connectivity index (χ4v) is 3.49. The molecule has 0 aliphatic carbocycles. The maximum absolute atomic E-state index is 9.55. The summed E-state index contributed by atoms with van der Waals surface area (Å²) in [6, 6.07) is 0. The normalized spacial score (nSPS) is 32.6. The molecular weight excluding hydrogens is 347 g/mol. The third kappa shape index (κ3) is 2.41. The van der Waals surface area contributed by atoms with Crippen LogP contribution in [0.2, 0.25) is 10.4 Å². The van der Waals surface area contributed by atoms with Crippen molar-refractivity contribution in [1.82, 2.24) is 19.5 Å². The number of aliphatic hydroxyl groups is 1. The first-order valence-corrected chi connectivity index (χ1v) is 7.83. The molecule has 0 radical (unpaired) electrons. The quantitative estimate of drug-likeness (QED) is 0.641. The van der Waals surface area contributed by atoms with E-state index in [0.717, 1.165) is 0 Å². The Hall–Kier alpha value is -1.03. The van der Waals surface area contributed by atoms with E-state index in [1.165, 1.54) is 6.33 Å². The van der Waals surface area contributed by atoms with E-state index in [-0.39, 0.29) is 23.1 Å². The van der Waals surface area contributed by atoms with Crippen molar-refractivity contribution in [2.45, 2.75) is 44.2 Å². The number of halogens is 2. The minimum Gasteiger partial charge on any atom is -0.394 e. The maximum Gasteiger partial charge on any atom is 0.225 e. The fourth-order valence-electron chi connectivity index (χ4n) is 3.07. The van der Waals surface area contributed by atoms with Crippen molar-refractivity contribution >= 4 is 34.4 Å². The molecule has 0 bridgehead atoms. The van der Waals surface area contributed by atoms with Crippen molar-refractivity contribution in [3.8, 4) is 0 Å². The Kier molecular flexibility index (Phi) is 3.53. The lowest BCUT2D eigenvalue weighted by Gasteiger charge is -2.24. The fraction of sp³-hybridized carbons (Fsp3) is 0.615. The van der Waals surface area contributed by atoms with E-state index in [9.17, 15) is 5.11 Å². The molecule has 2 aromatic heterocycles. The second-order valence-electron chi connectivity index (χ2n) is 5.92. The first kappa shape index (κ1) is 15.5. The molecule has 2 aliphatic heterocycles. The third-order valence-electron chi connectivity index (χ3n) is 3.93. The van der Waals surface area contributed by atoms with Crippen molar-refractivity contribution in [2.24, 2.45) is 0 Å². The topological polar surface area (TPSA) is 91.5 Å². The van der Waals surface area contributed by atoms with Crippen LogP contribution >= 0.6 is 23.2 Å². The molecule has 0 amide bonds. The summed E-state index contributed by atoms with van der Waals surface area (Å²) in [5.41, 5.74) is 0.854. The number of nitrogens with zero attached hydrogens (tertiary/aromatic N) is 4. The van der Waals surface area contributed by atoms with Gasteiger partial charge in [-0.3, -0.25) is 4.57 Å². The van der Waals surface area contributed by atoms with E-state index in [0.29, 0.717) is 11.2 Å². The molecule has 8 nitrogen and oxygen atoms in total. The van der Waals surface area contributed by atoms with Crippen molar-refractivity contribution in [1.29, 1.82) is 0 Å². The molecule has 4 unspecified atom stereocenters. The van der Waals surface area contributed by atoms with Gasteiger partial charge in [0.05, 0.1) is 12.9 Å². The number of hydrogen-bond acceptors (Lipinski definition) is 7. The standard InChI is InChI=1S/C13H14Cl2N4O4/c1-13(2)22-7-5(3-20)21-11(8(7)23-13)19-4-16-6-9(14)17-12(15)18-10(6)19/h4-5,7-8,11,20H,3H2,1-2H3. The van der Waals surface area contributed by atoms with Gasteiger partial charge in [-0.05, 0) is 25.4 Å². The van der Waals surface area contributed by atoms with E-state index in [2.05, 4.69) is 15.0 Å². The van der Waals surface area contributed by atoms with E-state index >= 15 is 0 Å². The predicted molar refractivity (Wildman–Crippen MR) is 80.2 cm³/mol. The molecule has 4 heterocycles. The molecule has 4 rings (SSSR count). The summed E-state index contributed by atoms with van der Waals surface area (Å²) in [6.07, 6.45) is -0.321. The Labute approximate surface area is 141 Å². The van der Waals surface area contributed by atoms with Crippen molar-refractivity contribution in [3.63, 3.8) is 0 Å². The van der Waals surface area contributed by atoms with Crippen LogP contribution in [0.25, 0.3) is 11.2 Å². The molecule has 4 atom stereocenters. The Morgan fingerprint density at radius 1 is 1.26 bits per heavy atom. The van der Waals surface area contributed by atoms with Crippen LogP contribution in [0.15, 0.2) is 6.33 Å². The van der Waals surface area contributed by atoms with Gasteiger partial charge in [-0.2, -0.15) is 4.98 Å². The Bertz CT molecular complexity index is 768. The van der Waals surface area contributed by atoms with Gasteiger partial charge in [-0.25, -0.2) is 9.97 Å². The molecule has 0 spiro atoms. The number of rotatable bonds is 2. The zero-order chi connectivity index (χ0) is 16.4. The van der Waals surface area contributed by atoms with Crippen LogP contribution in [0.4, 0.5) is 0 Å². The van der Waals surface area contributed by atoms with Crippen molar-refractivity contribution in [2.75, 3.05) is 6.61 Å². The zero-order valence-corrected chi connectivity index (χ0v) is 13.8. The highest BCUT2D eigenvalue weighted by Crippen LogP contribution is 2.43. The summed E-state index contributed by atoms with van der Waals surface area (Å²) in [5, 5.41) is 9.72. The summed E-state index contributed by atoms with van der Waals surface area (Å²) in [6.45, 7) is 3.46. The summed E-state index contributed by atoms with van der Waals surface area (Å²) in [7, 11) is 0. The summed E-state index contributed by atoms with van der Waals surface area (Å²) < 4.78 is 19.3. The van der Waals surface area contributed by atoms with Gasteiger partial charge in [0.1, 0.15) is 23.8 Å². The highest BCUT2D eigenvalue weighted by Gasteiger charge is 2.55. The predicted octanol–water partition coefficient (Wildman–Crippen LogP) is 1.54. The molecule has 124 valence electrons. The summed E-state index contributed by atoms with van der Waals surface area (Å²) >= 11 is 11.9. The second-order valence-corrected chi connectivity index (χ2v) is 6.62. The van der Waals surface area contributed by atoms with Gasteiger partial charge < -0.3 is 19.3 Å². The monoisotopic (exact) mass is 360 g/mol. The number of aliphatic hydroxyl groups excluding tert-OH is 1. The zero-order valence-electron chi connectivity index (χ0n) is 12.3. The Morgan fingerprint density at radius 3 is 2.74 bits per heavy atom. The van der Waals surface area contributed by atoms with Crippen LogP contribution in [-0.4, -0.2) is 55.3 Å². The molecule has 1 N–H and O–H groups in total. The van der Waals surface area contributed by atoms with Crippen LogP contribution in [0.5, 0.6) is 0 Å². The minimum absolute atomic E-state index is 0.0152. The van der Waals surface area contributed by atoms with Gasteiger partial charge in [0.2, 0.25) is 5.28 Å². The van der Waals surface area contributed by atoms with E-state index in [4.69, 9.17) is 37.4 Å². The van der Waals surface area contributed by atoms with Gasteiger partial charge in [0.25, 0.3) is 0 Å². The molecule has 23 heavy (non-hydrogen) atoms. The number of imidazole rings is 1. The first-order valence-electron chi connectivity index (χ1n) is 7.07. The van der Waals surface area contributed by atoms with Gasteiger partial charge >= 0.3 is 0 Å². The van der Waals surface area contributed by atoms with E-state index < -0.39 is 24.2 Å². The Morgan fingerprint density at radius 2 is 2.00 bits per heavy atom. The SMILES string of the molecule is CC1(C)OC2C(CO)OC(n3cnc4c(Cl)nc(Cl)nc43)C2O1.